The molecule has 29 heavy (non-hydrogen) atoms. The first kappa shape index (κ1) is 18.0. The van der Waals surface area contributed by atoms with E-state index in [1.54, 1.807) is 31.4 Å². The van der Waals surface area contributed by atoms with Crippen molar-refractivity contribution in [1.29, 1.82) is 0 Å². The number of ether oxygens (including phenoxy) is 3. The molecule has 3 aromatic rings. The molecule has 0 radical (unpaired) electrons. The summed E-state index contributed by atoms with van der Waals surface area (Å²) in [5.41, 5.74) is 1.91. The Morgan fingerprint density at radius 3 is 2.86 bits per heavy atom. The number of likely N-dealkylation sites (N-methyl/N-ethyl adjacent to an activating group) is 1. The highest BCUT2D eigenvalue weighted by molar-refractivity contribution is 6.32. The van der Waals surface area contributed by atoms with Crippen molar-refractivity contribution < 1.29 is 14.2 Å². The number of hydrogen-bond donors (Lipinski definition) is 0. The van der Waals surface area contributed by atoms with Crippen molar-refractivity contribution in [2.24, 2.45) is 0 Å². The number of aromatic nitrogens is 4. The molecule has 2 aliphatic rings. The number of tetrazole rings is 1. The topological polar surface area (TPSA) is 83.6 Å². The molecule has 1 aromatic heterocycles. The van der Waals surface area contributed by atoms with Crippen molar-refractivity contribution in [2.75, 3.05) is 27.5 Å². The minimum atomic E-state index is -0.507. The van der Waals surface area contributed by atoms with E-state index in [1.165, 1.54) is 9.36 Å². The number of nitrogens with zero attached hydrogens (tertiary/aromatic N) is 5. The lowest BCUT2D eigenvalue weighted by molar-refractivity contribution is 0.167. The van der Waals surface area contributed by atoms with Crippen molar-refractivity contribution in [3.8, 4) is 22.9 Å². The summed E-state index contributed by atoms with van der Waals surface area (Å²) < 4.78 is 19.4. The molecule has 10 heteroatoms. The van der Waals surface area contributed by atoms with Crippen LogP contribution in [-0.4, -0.2) is 52.2 Å². The smallest absolute Gasteiger partial charge is 0.370 e. The van der Waals surface area contributed by atoms with Gasteiger partial charge in [0.15, 0.2) is 11.5 Å². The Bertz CT molecular complexity index is 1160. The second-order valence-corrected chi connectivity index (χ2v) is 7.30. The third-order valence-corrected chi connectivity index (χ3v) is 5.59. The molecule has 9 nitrogen and oxygen atoms in total. The number of methoxy groups -OCH3 is 1. The molecule has 0 fully saturated rings. The van der Waals surface area contributed by atoms with E-state index in [9.17, 15) is 4.79 Å². The molecular weight excluding hydrogens is 398 g/mol. The van der Waals surface area contributed by atoms with Gasteiger partial charge >= 0.3 is 5.69 Å². The summed E-state index contributed by atoms with van der Waals surface area (Å²) in [6.07, 6.45) is 0.273. The molecule has 0 unspecified atom stereocenters. The van der Waals surface area contributed by atoms with Gasteiger partial charge in [-0.3, -0.25) is 4.90 Å². The fourth-order valence-electron chi connectivity index (χ4n) is 3.90. The third kappa shape index (κ3) is 2.69. The van der Waals surface area contributed by atoms with Crippen LogP contribution < -0.4 is 19.9 Å². The summed E-state index contributed by atoms with van der Waals surface area (Å²) in [6, 6.07) is 8.95. The maximum absolute atomic E-state index is 13.2. The summed E-state index contributed by atoms with van der Waals surface area (Å²) in [5.74, 6) is 1.74. The standard InChI is InChI=1S/C19H18ClN5O4/c1-23-8-7-11-9-14-16(29-10-28-14)17(27-2)15(11)18(23)25-19(26)24(21-22-25)13-6-4-3-5-12(13)20/h3-6,9,18H,7-8,10H2,1-2H3/t18-/m0/s1. The monoisotopic (exact) mass is 415 g/mol. The highest BCUT2D eigenvalue weighted by atomic mass is 35.5. The van der Waals surface area contributed by atoms with Crippen molar-refractivity contribution in [3.05, 3.63) is 57.0 Å². The van der Waals surface area contributed by atoms with Crippen molar-refractivity contribution in [3.63, 3.8) is 0 Å². The average molecular weight is 416 g/mol. The predicted molar refractivity (Wildman–Crippen MR) is 104 cm³/mol. The Kier molecular flexibility index (Phi) is 4.21. The van der Waals surface area contributed by atoms with Crippen LogP contribution in [-0.2, 0) is 6.42 Å². The number of halogens is 1. The minimum Gasteiger partial charge on any atom is -0.492 e. The lowest BCUT2D eigenvalue weighted by Gasteiger charge is -2.34. The summed E-state index contributed by atoms with van der Waals surface area (Å²) in [6.45, 7) is 0.865. The first-order valence-corrected chi connectivity index (χ1v) is 9.47. The van der Waals surface area contributed by atoms with Crippen LogP contribution in [0.15, 0.2) is 35.1 Å². The van der Waals surface area contributed by atoms with E-state index in [4.69, 9.17) is 25.8 Å². The van der Waals surface area contributed by atoms with E-state index >= 15 is 0 Å². The average Bonchev–Trinajstić information content (AvgIpc) is 3.33. The van der Waals surface area contributed by atoms with Crippen molar-refractivity contribution in [2.45, 2.75) is 12.6 Å². The SMILES string of the molecule is COc1c2c(cc3c1[C@H](n1nnn(-c4ccccc4Cl)c1=O)N(C)CC3)OCO2. The van der Waals surface area contributed by atoms with Gasteiger partial charge in [-0.05, 0) is 47.7 Å². The van der Waals surface area contributed by atoms with Crippen LogP contribution in [0, 0.1) is 0 Å². The molecule has 1 atom stereocenters. The first-order chi connectivity index (χ1) is 14.1. The van der Waals surface area contributed by atoms with Gasteiger partial charge in [0.1, 0.15) is 6.17 Å². The molecule has 0 spiro atoms. The number of rotatable bonds is 3. The fourth-order valence-corrected chi connectivity index (χ4v) is 4.12. The van der Waals surface area contributed by atoms with Crippen molar-refractivity contribution >= 4 is 11.6 Å². The van der Waals surface area contributed by atoms with Gasteiger partial charge in [0, 0.05) is 12.1 Å². The molecule has 2 aromatic carbocycles. The molecule has 0 aliphatic carbocycles. The van der Waals surface area contributed by atoms with Crippen LogP contribution in [0.3, 0.4) is 0 Å². The Labute approximate surface area is 170 Å². The maximum atomic E-state index is 13.2. The van der Waals surface area contributed by atoms with Gasteiger partial charge in [0.05, 0.1) is 17.8 Å². The Morgan fingerprint density at radius 1 is 1.24 bits per heavy atom. The molecule has 0 amide bonds. The fraction of sp³-hybridized carbons (Fsp3) is 0.316. The molecule has 2 aliphatic heterocycles. The van der Waals surface area contributed by atoms with Gasteiger partial charge in [-0.25, -0.2) is 4.79 Å². The summed E-state index contributed by atoms with van der Waals surface area (Å²) in [5, 5.41) is 8.65. The predicted octanol–water partition coefficient (Wildman–Crippen LogP) is 1.85. The van der Waals surface area contributed by atoms with E-state index in [1.807, 2.05) is 18.0 Å². The van der Waals surface area contributed by atoms with E-state index in [2.05, 4.69) is 10.4 Å². The van der Waals surface area contributed by atoms with Crippen LogP contribution in [0.5, 0.6) is 17.2 Å². The normalized spacial score (nSPS) is 18.0. The lowest BCUT2D eigenvalue weighted by atomic mass is 9.95. The second-order valence-electron chi connectivity index (χ2n) is 6.89. The van der Waals surface area contributed by atoms with E-state index in [0.29, 0.717) is 28.0 Å². The Balaban J connectivity index is 1.69. The summed E-state index contributed by atoms with van der Waals surface area (Å²) in [7, 11) is 3.51. The van der Waals surface area contributed by atoms with Gasteiger partial charge in [0.2, 0.25) is 12.5 Å². The van der Waals surface area contributed by atoms with Crippen molar-refractivity contribution in [1.82, 2.24) is 24.7 Å². The zero-order valence-electron chi connectivity index (χ0n) is 15.8. The largest absolute Gasteiger partial charge is 0.492 e. The van der Waals surface area contributed by atoms with Crippen LogP contribution >= 0.6 is 11.6 Å². The first-order valence-electron chi connectivity index (χ1n) is 9.09. The molecule has 3 heterocycles. The molecule has 0 bridgehead atoms. The molecular formula is C19H18ClN5O4. The number of hydrogen-bond acceptors (Lipinski definition) is 7. The highest BCUT2D eigenvalue weighted by Crippen LogP contribution is 2.49. The summed E-state index contributed by atoms with van der Waals surface area (Å²) in [4.78, 5) is 15.3. The van der Waals surface area contributed by atoms with Gasteiger partial charge in [-0.1, -0.05) is 23.7 Å². The van der Waals surface area contributed by atoms with Crippen LogP contribution in [0.25, 0.3) is 5.69 Å². The zero-order chi connectivity index (χ0) is 20.1. The number of benzene rings is 2. The van der Waals surface area contributed by atoms with E-state index < -0.39 is 11.9 Å². The van der Waals surface area contributed by atoms with Crippen LogP contribution in [0.1, 0.15) is 17.3 Å². The Hall–Kier alpha value is -3.04. The van der Waals surface area contributed by atoms with Gasteiger partial charge in [0.25, 0.3) is 0 Å². The minimum absolute atomic E-state index is 0.137. The zero-order valence-corrected chi connectivity index (χ0v) is 16.6. The molecule has 5 rings (SSSR count). The molecule has 0 saturated heterocycles. The number of fused-ring (bicyclic) bond motifs is 2. The highest BCUT2D eigenvalue weighted by Gasteiger charge is 2.37. The molecule has 150 valence electrons. The van der Waals surface area contributed by atoms with Gasteiger partial charge in [-0.2, -0.15) is 9.36 Å². The molecule has 0 N–H and O–H groups in total. The lowest BCUT2D eigenvalue weighted by Crippen LogP contribution is -2.41. The molecule has 0 saturated carbocycles. The quantitative estimate of drug-likeness (QED) is 0.645. The maximum Gasteiger partial charge on any atom is 0.370 e. The third-order valence-electron chi connectivity index (χ3n) is 5.27. The van der Waals surface area contributed by atoms with Gasteiger partial charge in [-0.15, -0.1) is 0 Å². The summed E-state index contributed by atoms with van der Waals surface area (Å²) >= 11 is 6.25. The van der Waals surface area contributed by atoms with Gasteiger partial charge < -0.3 is 14.2 Å². The van der Waals surface area contributed by atoms with E-state index in [-0.39, 0.29) is 6.79 Å². The van der Waals surface area contributed by atoms with Crippen LogP contribution in [0.2, 0.25) is 5.02 Å². The Morgan fingerprint density at radius 2 is 2.07 bits per heavy atom. The number of para-hydroxylation sites is 1. The second kappa shape index (κ2) is 6.78. The van der Waals surface area contributed by atoms with Crippen LogP contribution in [0.4, 0.5) is 0 Å². The van der Waals surface area contributed by atoms with E-state index in [0.717, 1.165) is 24.1 Å².